The van der Waals surface area contributed by atoms with Gasteiger partial charge in [0.15, 0.2) is 0 Å². The van der Waals surface area contributed by atoms with Gasteiger partial charge in [-0.1, -0.05) is 66.7 Å². The standard InChI is InChI=1S/C27H23N3O/c31-27-25(24-13-12-21-10-4-5-11-23(21)19-24)26(22-14-16-28-17-15-22)30(29-27)18-6-9-20-7-2-1-3-8-20/h1-5,7-8,10-17,19H,6,9,18H2,(H,29,31). The highest BCUT2D eigenvalue weighted by Crippen LogP contribution is 2.31. The van der Waals surface area contributed by atoms with Crippen LogP contribution in [0.15, 0.2) is 102 Å². The molecule has 2 heterocycles. The third-order valence-electron chi connectivity index (χ3n) is 5.65. The second kappa shape index (κ2) is 8.44. The molecule has 0 unspecified atom stereocenters. The van der Waals surface area contributed by atoms with E-state index in [4.69, 9.17) is 0 Å². The lowest BCUT2D eigenvalue weighted by Crippen LogP contribution is -2.08. The fourth-order valence-corrected chi connectivity index (χ4v) is 4.15. The number of aromatic amines is 1. The van der Waals surface area contributed by atoms with Crippen molar-refractivity contribution in [2.24, 2.45) is 0 Å². The molecule has 0 amide bonds. The summed E-state index contributed by atoms with van der Waals surface area (Å²) in [5, 5.41) is 5.37. The van der Waals surface area contributed by atoms with E-state index < -0.39 is 0 Å². The fraction of sp³-hybridized carbons (Fsp3) is 0.111. The Hall–Kier alpha value is -3.92. The molecule has 3 aromatic carbocycles. The molecule has 0 atom stereocenters. The van der Waals surface area contributed by atoms with Crippen molar-refractivity contribution < 1.29 is 0 Å². The molecular weight excluding hydrogens is 382 g/mol. The van der Waals surface area contributed by atoms with Crippen molar-refractivity contribution in [2.45, 2.75) is 19.4 Å². The van der Waals surface area contributed by atoms with Gasteiger partial charge in [0, 0.05) is 24.5 Å². The van der Waals surface area contributed by atoms with Crippen LogP contribution in [0.3, 0.4) is 0 Å². The molecule has 2 aromatic heterocycles. The van der Waals surface area contributed by atoms with E-state index in [1.807, 2.05) is 41.1 Å². The maximum atomic E-state index is 13.1. The molecule has 31 heavy (non-hydrogen) atoms. The number of hydrogen-bond donors (Lipinski definition) is 1. The van der Waals surface area contributed by atoms with Crippen molar-refractivity contribution in [2.75, 3.05) is 0 Å². The van der Waals surface area contributed by atoms with Gasteiger partial charge in [-0.15, -0.1) is 0 Å². The van der Waals surface area contributed by atoms with Crippen molar-refractivity contribution in [3.63, 3.8) is 0 Å². The summed E-state index contributed by atoms with van der Waals surface area (Å²) < 4.78 is 1.99. The molecule has 1 N–H and O–H groups in total. The SMILES string of the molecule is O=c1[nH]n(CCCc2ccccc2)c(-c2ccncc2)c1-c1ccc2ccccc2c1. The number of aromatic nitrogens is 3. The lowest BCUT2D eigenvalue weighted by molar-refractivity contribution is 0.580. The number of hydrogen-bond acceptors (Lipinski definition) is 2. The van der Waals surface area contributed by atoms with Crippen molar-refractivity contribution in [1.29, 1.82) is 0 Å². The molecule has 0 radical (unpaired) electrons. The van der Waals surface area contributed by atoms with Gasteiger partial charge in [0.1, 0.15) is 0 Å². The predicted molar refractivity (Wildman–Crippen MR) is 126 cm³/mol. The minimum absolute atomic E-state index is 0.0678. The first-order valence-electron chi connectivity index (χ1n) is 10.6. The van der Waals surface area contributed by atoms with Crippen LogP contribution < -0.4 is 5.56 Å². The summed E-state index contributed by atoms with van der Waals surface area (Å²) >= 11 is 0. The average molecular weight is 406 g/mol. The number of pyridine rings is 1. The van der Waals surface area contributed by atoms with Gasteiger partial charge in [0.05, 0.1) is 11.3 Å². The quantitative estimate of drug-likeness (QED) is 0.394. The minimum Gasteiger partial charge on any atom is -0.284 e. The van der Waals surface area contributed by atoms with Crippen LogP contribution in [0.4, 0.5) is 0 Å². The maximum Gasteiger partial charge on any atom is 0.272 e. The molecule has 0 aliphatic heterocycles. The molecular formula is C27H23N3O. The first-order valence-corrected chi connectivity index (χ1v) is 10.6. The molecule has 0 saturated heterocycles. The summed E-state index contributed by atoms with van der Waals surface area (Å²) in [7, 11) is 0. The Morgan fingerprint density at radius 1 is 0.774 bits per heavy atom. The summed E-state index contributed by atoms with van der Waals surface area (Å²) in [5.41, 5.74) is 4.76. The summed E-state index contributed by atoms with van der Waals surface area (Å²) in [6.45, 7) is 0.732. The van der Waals surface area contributed by atoms with Crippen LogP contribution in [0.2, 0.25) is 0 Å². The number of benzene rings is 3. The summed E-state index contributed by atoms with van der Waals surface area (Å²) in [5.74, 6) is 0. The van der Waals surface area contributed by atoms with Gasteiger partial charge < -0.3 is 0 Å². The van der Waals surface area contributed by atoms with E-state index >= 15 is 0 Å². The molecule has 4 heteroatoms. The van der Waals surface area contributed by atoms with E-state index in [1.54, 1.807) is 12.4 Å². The molecule has 0 spiro atoms. The topological polar surface area (TPSA) is 50.7 Å². The van der Waals surface area contributed by atoms with Gasteiger partial charge in [-0.25, -0.2) is 0 Å². The Labute approximate surface area is 180 Å². The fourth-order valence-electron chi connectivity index (χ4n) is 4.15. The van der Waals surface area contributed by atoms with Crippen LogP contribution in [0, 0.1) is 0 Å². The first kappa shape index (κ1) is 19.1. The van der Waals surface area contributed by atoms with Gasteiger partial charge in [-0.2, -0.15) is 0 Å². The molecule has 0 fully saturated rings. The summed E-state index contributed by atoms with van der Waals surface area (Å²) in [4.78, 5) is 17.3. The molecule has 4 nitrogen and oxygen atoms in total. The number of nitrogens with one attached hydrogen (secondary N) is 1. The van der Waals surface area contributed by atoms with Crippen LogP contribution in [-0.2, 0) is 13.0 Å². The molecule has 152 valence electrons. The highest BCUT2D eigenvalue weighted by Gasteiger charge is 2.18. The van der Waals surface area contributed by atoms with Gasteiger partial charge in [-0.05, 0) is 52.9 Å². The zero-order chi connectivity index (χ0) is 21.0. The van der Waals surface area contributed by atoms with Gasteiger partial charge in [0.25, 0.3) is 5.56 Å². The highest BCUT2D eigenvalue weighted by atomic mass is 16.1. The molecule has 0 aliphatic rings. The zero-order valence-electron chi connectivity index (χ0n) is 17.2. The Morgan fingerprint density at radius 3 is 2.32 bits per heavy atom. The lowest BCUT2D eigenvalue weighted by atomic mass is 9.99. The maximum absolute atomic E-state index is 13.1. The van der Waals surface area contributed by atoms with Crippen molar-refractivity contribution >= 4 is 10.8 Å². The average Bonchev–Trinajstić information content (AvgIpc) is 3.16. The summed E-state index contributed by atoms with van der Waals surface area (Å²) in [6.07, 6.45) is 5.43. The highest BCUT2D eigenvalue weighted by molar-refractivity contribution is 5.90. The van der Waals surface area contributed by atoms with E-state index in [1.165, 1.54) is 5.56 Å². The van der Waals surface area contributed by atoms with Crippen LogP contribution in [-0.4, -0.2) is 14.8 Å². The van der Waals surface area contributed by atoms with E-state index in [2.05, 4.69) is 58.6 Å². The minimum atomic E-state index is -0.0678. The molecule has 5 aromatic rings. The monoisotopic (exact) mass is 405 g/mol. The third kappa shape index (κ3) is 3.92. The number of rotatable bonds is 6. The van der Waals surface area contributed by atoms with Gasteiger partial charge >= 0.3 is 0 Å². The lowest BCUT2D eigenvalue weighted by Gasteiger charge is -2.11. The molecule has 0 saturated carbocycles. The zero-order valence-corrected chi connectivity index (χ0v) is 17.2. The molecule has 0 aliphatic carbocycles. The second-order valence-electron chi connectivity index (χ2n) is 7.70. The van der Waals surface area contributed by atoms with Crippen LogP contribution in [0.1, 0.15) is 12.0 Å². The molecule has 5 rings (SSSR count). The Balaban J connectivity index is 1.56. The summed E-state index contributed by atoms with van der Waals surface area (Å²) in [6, 6.07) is 28.8. The Bertz CT molecular complexity index is 1370. The second-order valence-corrected chi connectivity index (χ2v) is 7.70. The van der Waals surface area contributed by atoms with Crippen molar-refractivity contribution in [1.82, 2.24) is 14.8 Å². The number of nitrogens with zero attached hydrogens (tertiary/aromatic N) is 2. The number of H-pyrrole nitrogens is 1. The van der Waals surface area contributed by atoms with E-state index in [9.17, 15) is 4.79 Å². The largest absolute Gasteiger partial charge is 0.284 e. The van der Waals surface area contributed by atoms with Gasteiger partial charge in [-0.3, -0.25) is 19.6 Å². The van der Waals surface area contributed by atoms with Crippen molar-refractivity contribution in [3.05, 3.63) is 113 Å². The number of fused-ring (bicyclic) bond motifs is 1. The van der Waals surface area contributed by atoms with Gasteiger partial charge in [0.2, 0.25) is 0 Å². The van der Waals surface area contributed by atoms with Crippen LogP contribution in [0.5, 0.6) is 0 Å². The Morgan fingerprint density at radius 2 is 1.52 bits per heavy atom. The van der Waals surface area contributed by atoms with Crippen molar-refractivity contribution in [3.8, 4) is 22.4 Å². The first-order chi connectivity index (χ1) is 15.3. The Kier molecular flexibility index (Phi) is 5.19. The third-order valence-corrected chi connectivity index (χ3v) is 5.65. The van der Waals surface area contributed by atoms with E-state index in [-0.39, 0.29) is 5.56 Å². The van der Waals surface area contributed by atoms with E-state index in [0.29, 0.717) is 5.56 Å². The predicted octanol–water partition coefficient (Wildman–Crippen LogP) is 5.69. The normalized spacial score (nSPS) is 11.1. The van der Waals surface area contributed by atoms with E-state index in [0.717, 1.165) is 47.0 Å². The van der Waals surface area contributed by atoms with Crippen LogP contribution in [0.25, 0.3) is 33.2 Å². The van der Waals surface area contributed by atoms with Crippen LogP contribution >= 0.6 is 0 Å². The smallest absolute Gasteiger partial charge is 0.272 e. The number of aryl methyl sites for hydroxylation is 2. The molecule has 0 bridgehead atoms.